The molecule has 1 heterocycles. The third kappa shape index (κ3) is 4.57. The van der Waals surface area contributed by atoms with Crippen LogP contribution in [-0.4, -0.2) is 24.9 Å². The van der Waals surface area contributed by atoms with E-state index in [1.165, 1.54) is 0 Å². The molecule has 0 saturated carbocycles. The molecule has 0 spiro atoms. The summed E-state index contributed by atoms with van der Waals surface area (Å²) >= 11 is 0. The number of hydrogen-bond donors (Lipinski definition) is 2. The highest BCUT2D eigenvalue weighted by molar-refractivity contribution is 6.10. The standard InChI is InChI=1S/C22H25N3O3/c1-22(2,3)16-9-5-15(6-10-16)20(27)25-21-23-18(13-19(26)24-21)14-7-11-17(28-4)12-8-14/h5-12,18H,13H2,1-4H3,(H2,23,24,25,26,27)/t18-/m1/s1. The number of amides is 2. The average molecular weight is 379 g/mol. The van der Waals surface area contributed by atoms with Crippen LogP contribution in [0.3, 0.4) is 0 Å². The molecule has 2 N–H and O–H groups in total. The van der Waals surface area contributed by atoms with E-state index >= 15 is 0 Å². The lowest BCUT2D eigenvalue weighted by atomic mass is 9.87. The maximum atomic E-state index is 12.5. The molecule has 0 fully saturated rings. The van der Waals surface area contributed by atoms with Crippen molar-refractivity contribution in [3.63, 3.8) is 0 Å². The van der Waals surface area contributed by atoms with Gasteiger partial charge in [-0.3, -0.25) is 20.2 Å². The van der Waals surface area contributed by atoms with E-state index in [-0.39, 0.29) is 35.7 Å². The van der Waals surface area contributed by atoms with Crippen molar-refractivity contribution in [2.75, 3.05) is 7.11 Å². The summed E-state index contributed by atoms with van der Waals surface area (Å²) in [6.07, 6.45) is 0.228. The number of rotatable bonds is 3. The van der Waals surface area contributed by atoms with Crippen molar-refractivity contribution in [1.29, 1.82) is 0 Å². The second-order valence-electron chi connectivity index (χ2n) is 7.80. The summed E-state index contributed by atoms with van der Waals surface area (Å²) in [4.78, 5) is 29.1. The second-order valence-corrected chi connectivity index (χ2v) is 7.80. The van der Waals surface area contributed by atoms with Gasteiger partial charge in [-0.15, -0.1) is 0 Å². The van der Waals surface area contributed by atoms with E-state index in [9.17, 15) is 9.59 Å². The monoisotopic (exact) mass is 379 g/mol. The number of guanidine groups is 1. The van der Waals surface area contributed by atoms with Crippen molar-refractivity contribution in [3.8, 4) is 5.75 Å². The Bertz CT molecular complexity index is 894. The first-order valence-electron chi connectivity index (χ1n) is 9.20. The molecular weight excluding hydrogens is 354 g/mol. The van der Waals surface area contributed by atoms with E-state index in [0.717, 1.165) is 16.9 Å². The Morgan fingerprint density at radius 3 is 2.32 bits per heavy atom. The minimum absolute atomic E-state index is 0.0159. The number of methoxy groups -OCH3 is 1. The molecule has 6 heteroatoms. The fourth-order valence-electron chi connectivity index (χ4n) is 2.98. The summed E-state index contributed by atoms with van der Waals surface area (Å²) in [5, 5.41) is 5.33. The van der Waals surface area contributed by atoms with Crippen molar-refractivity contribution >= 4 is 17.8 Å². The van der Waals surface area contributed by atoms with Crippen molar-refractivity contribution in [3.05, 3.63) is 65.2 Å². The van der Waals surface area contributed by atoms with E-state index < -0.39 is 0 Å². The first kappa shape index (κ1) is 19.6. The minimum Gasteiger partial charge on any atom is -0.497 e. The van der Waals surface area contributed by atoms with Gasteiger partial charge in [0.2, 0.25) is 11.9 Å². The molecule has 0 unspecified atom stereocenters. The largest absolute Gasteiger partial charge is 0.497 e. The fraction of sp³-hybridized carbons (Fsp3) is 0.318. The zero-order valence-corrected chi connectivity index (χ0v) is 16.6. The van der Waals surface area contributed by atoms with Gasteiger partial charge in [0.05, 0.1) is 19.6 Å². The molecule has 1 aliphatic heterocycles. The third-order valence-corrected chi connectivity index (χ3v) is 4.67. The molecule has 3 rings (SSSR count). The maximum absolute atomic E-state index is 12.5. The van der Waals surface area contributed by atoms with Crippen LogP contribution in [0, 0.1) is 0 Å². The molecule has 0 aromatic heterocycles. The highest BCUT2D eigenvalue weighted by Crippen LogP contribution is 2.25. The lowest BCUT2D eigenvalue weighted by molar-refractivity contribution is -0.120. The van der Waals surface area contributed by atoms with Gasteiger partial charge in [0.1, 0.15) is 5.75 Å². The topological polar surface area (TPSA) is 79.8 Å². The van der Waals surface area contributed by atoms with Crippen LogP contribution < -0.4 is 15.4 Å². The third-order valence-electron chi connectivity index (χ3n) is 4.67. The van der Waals surface area contributed by atoms with Crippen LogP contribution in [0.25, 0.3) is 0 Å². The molecule has 0 bridgehead atoms. The predicted molar refractivity (Wildman–Crippen MR) is 109 cm³/mol. The van der Waals surface area contributed by atoms with E-state index in [0.29, 0.717) is 5.56 Å². The fourth-order valence-corrected chi connectivity index (χ4v) is 2.98. The molecule has 1 aliphatic rings. The quantitative estimate of drug-likeness (QED) is 0.858. The lowest BCUT2D eigenvalue weighted by Gasteiger charge is -2.22. The first-order chi connectivity index (χ1) is 13.3. The van der Waals surface area contributed by atoms with Gasteiger partial charge < -0.3 is 4.74 Å². The lowest BCUT2D eigenvalue weighted by Crippen LogP contribution is -2.47. The molecule has 146 valence electrons. The molecule has 6 nitrogen and oxygen atoms in total. The van der Waals surface area contributed by atoms with Gasteiger partial charge in [0.15, 0.2) is 0 Å². The van der Waals surface area contributed by atoms with Crippen LogP contribution >= 0.6 is 0 Å². The van der Waals surface area contributed by atoms with Gasteiger partial charge in [-0.2, -0.15) is 0 Å². The minimum atomic E-state index is -0.349. The van der Waals surface area contributed by atoms with E-state index in [4.69, 9.17) is 4.74 Å². The zero-order valence-electron chi connectivity index (χ0n) is 16.6. The van der Waals surface area contributed by atoms with Gasteiger partial charge in [-0.05, 0) is 40.8 Å². The number of nitrogens with one attached hydrogen (secondary N) is 2. The number of hydrogen-bond acceptors (Lipinski definition) is 4. The molecule has 0 aliphatic carbocycles. The van der Waals surface area contributed by atoms with Crippen LogP contribution in [0.1, 0.15) is 54.7 Å². The first-order valence-corrected chi connectivity index (χ1v) is 9.20. The zero-order chi connectivity index (χ0) is 20.3. The van der Waals surface area contributed by atoms with Crippen molar-refractivity contribution in [2.24, 2.45) is 4.99 Å². The van der Waals surface area contributed by atoms with Crippen molar-refractivity contribution < 1.29 is 14.3 Å². The molecular formula is C22H25N3O3. The SMILES string of the molecule is COc1ccc([C@H]2CC(=O)NC(NC(=O)c3ccc(C(C)(C)C)cc3)=N2)cc1. The van der Waals surface area contributed by atoms with Crippen LogP contribution in [0.4, 0.5) is 0 Å². The Kier molecular flexibility index (Phi) is 5.49. The van der Waals surface area contributed by atoms with Crippen LogP contribution in [0.15, 0.2) is 53.5 Å². The Balaban J connectivity index is 1.75. The van der Waals surface area contributed by atoms with E-state index in [2.05, 4.69) is 36.4 Å². The van der Waals surface area contributed by atoms with Gasteiger partial charge >= 0.3 is 0 Å². The predicted octanol–water partition coefficient (Wildman–Crippen LogP) is 3.34. The van der Waals surface area contributed by atoms with Crippen LogP contribution in [0.2, 0.25) is 0 Å². The molecule has 0 radical (unpaired) electrons. The number of carbonyl (C=O) groups is 2. The number of benzene rings is 2. The molecule has 28 heavy (non-hydrogen) atoms. The summed E-state index contributed by atoms with van der Waals surface area (Å²) in [6.45, 7) is 6.36. The van der Waals surface area contributed by atoms with E-state index in [1.54, 1.807) is 19.2 Å². The van der Waals surface area contributed by atoms with Crippen molar-refractivity contribution in [1.82, 2.24) is 10.6 Å². The Morgan fingerprint density at radius 2 is 1.75 bits per heavy atom. The number of ether oxygens (including phenoxy) is 1. The van der Waals surface area contributed by atoms with Crippen molar-refractivity contribution in [2.45, 2.75) is 38.6 Å². The van der Waals surface area contributed by atoms with Crippen LogP contribution in [0.5, 0.6) is 5.75 Å². The van der Waals surface area contributed by atoms with Gasteiger partial charge in [0.25, 0.3) is 5.91 Å². The van der Waals surface area contributed by atoms with Gasteiger partial charge in [0, 0.05) is 5.56 Å². The summed E-state index contributed by atoms with van der Waals surface area (Å²) in [5.74, 6) is 0.409. The molecule has 2 aromatic rings. The average Bonchev–Trinajstić information content (AvgIpc) is 2.67. The highest BCUT2D eigenvalue weighted by Gasteiger charge is 2.24. The Morgan fingerprint density at radius 1 is 1.11 bits per heavy atom. The highest BCUT2D eigenvalue weighted by atomic mass is 16.5. The summed E-state index contributed by atoms with van der Waals surface area (Å²) in [6, 6.07) is 14.5. The smallest absolute Gasteiger partial charge is 0.257 e. The Labute approximate surface area is 165 Å². The van der Waals surface area contributed by atoms with Gasteiger partial charge in [-0.25, -0.2) is 4.99 Å². The van der Waals surface area contributed by atoms with Gasteiger partial charge in [-0.1, -0.05) is 45.0 Å². The molecule has 2 amide bonds. The molecule has 1 atom stereocenters. The number of carbonyl (C=O) groups excluding carboxylic acids is 2. The summed E-state index contributed by atoms with van der Waals surface area (Å²) in [5.41, 5.74) is 2.56. The number of nitrogens with zero attached hydrogens (tertiary/aromatic N) is 1. The molecule has 2 aromatic carbocycles. The summed E-state index contributed by atoms with van der Waals surface area (Å²) < 4.78 is 5.16. The molecule has 0 saturated heterocycles. The Hall–Kier alpha value is -3.15. The number of aliphatic imine (C=N–C) groups is 1. The maximum Gasteiger partial charge on any atom is 0.257 e. The van der Waals surface area contributed by atoms with E-state index in [1.807, 2.05) is 36.4 Å². The normalized spacial score (nSPS) is 16.8. The van der Waals surface area contributed by atoms with Crippen LogP contribution in [-0.2, 0) is 10.2 Å². The summed E-state index contributed by atoms with van der Waals surface area (Å²) in [7, 11) is 1.60. The second kappa shape index (κ2) is 7.84.